The number of amides is 2. The highest BCUT2D eigenvalue weighted by Crippen LogP contribution is 2.25. The van der Waals surface area contributed by atoms with Crippen LogP contribution in [0.3, 0.4) is 0 Å². The van der Waals surface area contributed by atoms with Crippen LogP contribution in [0, 0.1) is 0 Å². The van der Waals surface area contributed by atoms with Crippen LogP contribution in [0.1, 0.15) is 36.6 Å². The molecule has 0 aliphatic rings. The third-order valence-corrected chi connectivity index (χ3v) is 4.69. The number of hydrogen-bond acceptors (Lipinski definition) is 3. The first-order chi connectivity index (χ1) is 12.9. The molecule has 2 amide bonds. The lowest BCUT2D eigenvalue weighted by Crippen LogP contribution is -2.37. The molecule has 2 aromatic rings. The molecule has 144 valence electrons. The van der Waals surface area contributed by atoms with Crippen molar-refractivity contribution in [1.29, 1.82) is 0 Å². The summed E-state index contributed by atoms with van der Waals surface area (Å²) in [5, 5.41) is 6.49. The van der Waals surface area contributed by atoms with Crippen LogP contribution in [-0.4, -0.2) is 37.4 Å². The topological polar surface area (TPSA) is 61.4 Å². The Labute approximate surface area is 165 Å². The Morgan fingerprint density at radius 2 is 1.67 bits per heavy atom. The van der Waals surface area contributed by atoms with E-state index in [2.05, 4.69) is 10.6 Å². The van der Waals surface area contributed by atoms with Crippen LogP contribution < -0.4 is 10.6 Å². The molecule has 2 aromatic carbocycles. The maximum atomic E-state index is 12.5. The number of carbonyl (C=O) groups is 2. The number of likely N-dealkylation sites (N-methyl/N-ethyl adjacent to an activating group) is 1. The van der Waals surface area contributed by atoms with Crippen molar-refractivity contribution in [2.75, 3.05) is 20.6 Å². The number of rotatable bonds is 8. The Hall–Kier alpha value is -2.37. The highest BCUT2D eigenvalue weighted by molar-refractivity contribution is 6.31. The summed E-state index contributed by atoms with van der Waals surface area (Å²) in [4.78, 5) is 26.1. The van der Waals surface area contributed by atoms with Crippen molar-refractivity contribution in [3.05, 3.63) is 70.7 Å². The molecule has 2 rings (SSSR count). The predicted octanol–water partition coefficient (Wildman–Crippen LogP) is 3.33. The minimum atomic E-state index is -0.359. The summed E-state index contributed by atoms with van der Waals surface area (Å²) < 4.78 is 0. The van der Waals surface area contributed by atoms with Crippen LogP contribution in [0.15, 0.2) is 54.6 Å². The van der Waals surface area contributed by atoms with Gasteiger partial charge in [-0.1, -0.05) is 60.1 Å². The Kier molecular flexibility index (Phi) is 7.82. The van der Waals surface area contributed by atoms with Crippen molar-refractivity contribution in [3.63, 3.8) is 0 Å². The maximum absolute atomic E-state index is 12.5. The average molecular weight is 388 g/mol. The van der Waals surface area contributed by atoms with Gasteiger partial charge in [0.15, 0.2) is 0 Å². The highest BCUT2D eigenvalue weighted by Gasteiger charge is 2.20. The summed E-state index contributed by atoms with van der Waals surface area (Å²) in [6.45, 7) is 1.88. The summed E-state index contributed by atoms with van der Waals surface area (Å²) in [7, 11) is 3.90. The van der Waals surface area contributed by atoms with Crippen molar-refractivity contribution in [2.45, 2.75) is 25.4 Å². The van der Waals surface area contributed by atoms with E-state index in [0.717, 1.165) is 11.1 Å². The van der Waals surface area contributed by atoms with Gasteiger partial charge in [-0.2, -0.15) is 0 Å². The van der Waals surface area contributed by atoms with Gasteiger partial charge in [0, 0.05) is 18.5 Å². The molecule has 27 heavy (non-hydrogen) atoms. The van der Waals surface area contributed by atoms with E-state index in [-0.39, 0.29) is 30.3 Å². The smallest absolute Gasteiger partial charge is 0.222 e. The molecule has 0 radical (unpaired) electrons. The fourth-order valence-corrected chi connectivity index (χ4v) is 3.23. The van der Waals surface area contributed by atoms with Gasteiger partial charge in [-0.3, -0.25) is 9.59 Å². The van der Waals surface area contributed by atoms with E-state index in [0.29, 0.717) is 11.6 Å². The van der Waals surface area contributed by atoms with E-state index in [1.807, 2.05) is 73.6 Å². The van der Waals surface area contributed by atoms with Gasteiger partial charge in [-0.25, -0.2) is 0 Å². The normalized spacial score (nSPS) is 13.1. The number of benzene rings is 2. The predicted molar refractivity (Wildman–Crippen MR) is 109 cm³/mol. The zero-order chi connectivity index (χ0) is 19.8. The standard InChI is InChI=1S/C21H26ClN3O2/c1-15(26)24-19(16-9-5-4-6-10-16)13-21(27)23-14-20(25(2)3)17-11-7-8-12-18(17)22/h4-12,19-20H,13-14H2,1-3H3,(H,23,27)(H,24,26). The molecule has 0 heterocycles. The van der Waals surface area contributed by atoms with Crippen LogP contribution in [0.25, 0.3) is 0 Å². The Morgan fingerprint density at radius 1 is 1.04 bits per heavy atom. The molecule has 0 aliphatic heterocycles. The van der Waals surface area contributed by atoms with Gasteiger partial charge in [-0.05, 0) is 31.3 Å². The lowest BCUT2D eigenvalue weighted by atomic mass is 10.0. The van der Waals surface area contributed by atoms with Gasteiger partial charge in [0.05, 0.1) is 18.5 Å². The molecule has 0 aliphatic carbocycles. The number of carbonyl (C=O) groups excluding carboxylic acids is 2. The number of nitrogens with one attached hydrogen (secondary N) is 2. The van der Waals surface area contributed by atoms with Gasteiger partial charge in [0.2, 0.25) is 11.8 Å². The first kappa shape index (κ1) is 20.9. The van der Waals surface area contributed by atoms with Crippen LogP contribution in [0.2, 0.25) is 5.02 Å². The highest BCUT2D eigenvalue weighted by atomic mass is 35.5. The summed E-state index contributed by atoms with van der Waals surface area (Å²) >= 11 is 6.31. The molecule has 0 spiro atoms. The maximum Gasteiger partial charge on any atom is 0.222 e. The summed E-state index contributed by atoms with van der Waals surface area (Å²) in [5.41, 5.74) is 1.86. The van der Waals surface area contributed by atoms with Gasteiger partial charge < -0.3 is 15.5 Å². The molecular formula is C21H26ClN3O2. The Morgan fingerprint density at radius 3 is 2.26 bits per heavy atom. The number of nitrogens with zero attached hydrogens (tertiary/aromatic N) is 1. The Balaban J connectivity index is 2.04. The fourth-order valence-electron chi connectivity index (χ4n) is 2.97. The van der Waals surface area contributed by atoms with Crippen LogP contribution >= 0.6 is 11.6 Å². The molecule has 0 saturated carbocycles. The molecule has 0 bridgehead atoms. The number of halogens is 1. The van der Waals surface area contributed by atoms with Crippen LogP contribution in [0.5, 0.6) is 0 Å². The lowest BCUT2D eigenvalue weighted by molar-refractivity contribution is -0.123. The van der Waals surface area contributed by atoms with E-state index in [1.54, 1.807) is 0 Å². The molecular weight excluding hydrogens is 362 g/mol. The second-order valence-corrected chi connectivity index (χ2v) is 7.08. The van der Waals surface area contributed by atoms with Gasteiger partial charge in [-0.15, -0.1) is 0 Å². The second kappa shape index (κ2) is 10.1. The Bertz CT molecular complexity index is 765. The summed E-state index contributed by atoms with van der Waals surface area (Å²) in [5.74, 6) is -0.296. The van der Waals surface area contributed by atoms with Crippen molar-refractivity contribution >= 4 is 23.4 Å². The monoisotopic (exact) mass is 387 g/mol. The van der Waals surface area contributed by atoms with Crippen molar-refractivity contribution < 1.29 is 9.59 Å². The first-order valence-electron chi connectivity index (χ1n) is 8.88. The zero-order valence-corrected chi connectivity index (χ0v) is 16.7. The summed E-state index contributed by atoms with van der Waals surface area (Å²) in [6.07, 6.45) is 0.173. The van der Waals surface area contributed by atoms with E-state index in [1.165, 1.54) is 6.92 Å². The van der Waals surface area contributed by atoms with E-state index in [4.69, 9.17) is 11.6 Å². The summed E-state index contributed by atoms with van der Waals surface area (Å²) in [6, 6.07) is 16.7. The average Bonchev–Trinajstić information content (AvgIpc) is 2.63. The van der Waals surface area contributed by atoms with Crippen LogP contribution in [-0.2, 0) is 9.59 Å². The van der Waals surface area contributed by atoms with Gasteiger partial charge >= 0.3 is 0 Å². The molecule has 2 N–H and O–H groups in total. The molecule has 6 heteroatoms. The molecule has 5 nitrogen and oxygen atoms in total. The third-order valence-electron chi connectivity index (χ3n) is 4.35. The number of hydrogen-bond donors (Lipinski definition) is 2. The van der Waals surface area contributed by atoms with E-state index < -0.39 is 0 Å². The van der Waals surface area contributed by atoms with Gasteiger partial charge in [0.1, 0.15) is 0 Å². The van der Waals surface area contributed by atoms with E-state index in [9.17, 15) is 9.59 Å². The third kappa shape index (κ3) is 6.38. The zero-order valence-electron chi connectivity index (χ0n) is 15.9. The molecule has 2 atom stereocenters. The second-order valence-electron chi connectivity index (χ2n) is 6.67. The van der Waals surface area contributed by atoms with E-state index >= 15 is 0 Å². The fraction of sp³-hybridized carbons (Fsp3) is 0.333. The molecule has 0 fully saturated rings. The van der Waals surface area contributed by atoms with Crippen molar-refractivity contribution in [3.8, 4) is 0 Å². The SMILES string of the molecule is CC(=O)NC(CC(=O)NCC(c1ccccc1Cl)N(C)C)c1ccccc1. The minimum Gasteiger partial charge on any atom is -0.354 e. The van der Waals surface area contributed by atoms with Crippen molar-refractivity contribution in [2.24, 2.45) is 0 Å². The molecule has 0 aromatic heterocycles. The lowest BCUT2D eigenvalue weighted by Gasteiger charge is -2.26. The largest absolute Gasteiger partial charge is 0.354 e. The first-order valence-corrected chi connectivity index (χ1v) is 9.26. The molecule has 0 saturated heterocycles. The minimum absolute atomic E-state index is 0.0430. The molecule has 2 unspecified atom stereocenters. The van der Waals surface area contributed by atoms with Gasteiger partial charge in [0.25, 0.3) is 0 Å². The quantitative estimate of drug-likeness (QED) is 0.730. The van der Waals surface area contributed by atoms with Crippen LogP contribution in [0.4, 0.5) is 0 Å². The van der Waals surface area contributed by atoms with Crippen molar-refractivity contribution in [1.82, 2.24) is 15.5 Å².